The van der Waals surface area contributed by atoms with Gasteiger partial charge in [0.05, 0.1) is 0 Å². The van der Waals surface area contributed by atoms with E-state index in [1.807, 2.05) is 0 Å². The fraction of sp³-hybridized carbons (Fsp3) is 1.00. The summed E-state index contributed by atoms with van der Waals surface area (Å²) in [6.07, 6.45) is 2.36. The molecule has 0 aliphatic carbocycles. The summed E-state index contributed by atoms with van der Waals surface area (Å²) in [7, 11) is 2.07. The molecule has 0 spiro atoms. The summed E-state index contributed by atoms with van der Waals surface area (Å²) < 4.78 is 0. The largest absolute Gasteiger partial charge is 0.307 e. The molecule has 1 aliphatic heterocycles. The fourth-order valence-corrected chi connectivity index (χ4v) is 4.30. The molecule has 0 aromatic heterocycles. The highest BCUT2D eigenvalue weighted by Crippen LogP contribution is 2.30. The van der Waals surface area contributed by atoms with Gasteiger partial charge in [0.2, 0.25) is 0 Å². The molecule has 4 heteroatoms. The summed E-state index contributed by atoms with van der Waals surface area (Å²) in [6, 6.07) is 1.77. The van der Waals surface area contributed by atoms with Crippen LogP contribution >= 0.6 is 0 Å². The third kappa shape index (κ3) is 5.80. The molecule has 2 N–H and O–H groups in total. The predicted octanol–water partition coefficient (Wildman–Crippen LogP) is 2.85. The van der Waals surface area contributed by atoms with Gasteiger partial charge in [-0.15, -0.1) is 0 Å². The molecule has 22 heavy (non-hydrogen) atoms. The molecule has 0 saturated carbocycles. The summed E-state index contributed by atoms with van der Waals surface area (Å²) in [5.41, 5.74) is 3.84. The van der Waals surface area contributed by atoms with Gasteiger partial charge < -0.3 is 5.32 Å². The Bertz CT molecular complexity index is 312. The summed E-state index contributed by atoms with van der Waals surface area (Å²) in [5, 5.41) is 6.24. The monoisotopic (exact) mass is 312 g/mol. The van der Waals surface area contributed by atoms with E-state index in [1.54, 1.807) is 0 Å². The van der Waals surface area contributed by atoms with E-state index in [4.69, 9.17) is 0 Å². The highest BCUT2D eigenvalue weighted by molar-refractivity contribution is 4.99. The van der Waals surface area contributed by atoms with Gasteiger partial charge in [-0.1, -0.05) is 0 Å². The third-order valence-electron chi connectivity index (χ3n) is 4.82. The molecule has 1 aliphatic rings. The van der Waals surface area contributed by atoms with Crippen LogP contribution in [0.2, 0.25) is 0 Å². The normalized spacial score (nSPS) is 22.2. The maximum atomic E-state index is 3.78. The van der Waals surface area contributed by atoms with Gasteiger partial charge in [0.25, 0.3) is 0 Å². The highest BCUT2D eigenvalue weighted by Gasteiger charge is 2.39. The first-order valence-electron chi connectivity index (χ1n) is 8.96. The van der Waals surface area contributed by atoms with Crippen molar-refractivity contribution in [2.45, 2.75) is 97.4 Å². The van der Waals surface area contributed by atoms with Gasteiger partial charge in [-0.05, 0) is 75.3 Å². The van der Waals surface area contributed by atoms with Crippen LogP contribution < -0.4 is 10.7 Å². The molecule has 0 radical (unpaired) electrons. The van der Waals surface area contributed by atoms with E-state index < -0.39 is 0 Å². The van der Waals surface area contributed by atoms with Gasteiger partial charge in [0.1, 0.15) is 0 Å². The lowest BCUT2D eigenvalue weighted by atomic mass is 9.79. The number of hydrogen-bond donors (Lipinski definition) is 2. The minimum absolute atomic E-state index is 0.192. The Balaban J connectivity index is 2.70. The molecule has 0 aromatic carbocycles. The molecule has 0 amide bonds. The van der Waals surface area contributed by atoms with Crippen LogP contribution in [-0.2, 0) is 0 Å². The molecular weight excluding hydrogens is 272 g/mol. The second kappa shape index (κ2) is 7.61. The van der Waals surface area contributed by atoms with E-state index in [0.717, 1.165) is 13.1 Å². The SMILES string of the molecule is CNN(CCN(C(C)C)C(C)C)C1CC(C)(C)NC(C)(C)C1. The second-order valence-electron chi connectivity index (χ2n) is 8.80. The van der Waals surface area contributed by atoms with Crippen LogP contribution in [0.25, 0.3) is 0 Å². The molecule has 1 rings (SSSR count). The van der Waals surface area contributed by atoms with Crippen molar-refractivity contribution in [1.82, 2.24) is 20.7 Å². The molecule has 1 fully saturated rings. The van der Waals surface area contributed by atoms with Crippen molar-refractivity contribution >= 4 is 0 Å². The van der Waals surface area contributed by atoms with Crippen LogP contribution in [0.4, 0.5) is 0 Å². The van der Waals surface area contributed by atoms with Crippen molar-refractivity contribution in [1.29, 1.82) is 0 Å². The number of hydrogen-bond acceptors (Lipinski definition) is 4. The lowest BCUT2D eigenvalue weighted by Gasteiger charge is -2.49. The van der Waals surface area contributed by atoms with E-state index >= 15 is 0 Å². The zero-order valence-electron chi connectivity index (χ0n) is 16.5. The Labute approximate surface area is 139 Å². The third-order valence-corrected chi connectivity index (χ3v) is 4.82. The Morgan fingerprint density at radius 2 is 1.41 bits per heavy atom. The van der Waals surface area contributed by atoms with Crippen molar-refractivity contribution in [3.63, 3.8) is 0 Å². The van der Waals surface area contributed by atoms with Crippen molar-refractivity contribution < 1.29 is 0 Å². The smallest absolute Gasteiger partial charge is 0.0278 e. The summed E-state index contributed by atoms with van der Waals surface area (Å²) in [4.78, 5) is 2.57. The van der Waals surface area contributed by atoms with Crippen LogP contribution in [0.1, 0.15) is 68.2 Å². The van der Waals surface area contributed by atoms with Crippen molar-refractivity contribution in [3.8, 4) is 0 Å². The van der Waals surface area contributed by atoms with Crippen LogP contribution in [0.5, 0.6) is 0 Å². The Kier molecular flexibility index (Phi) is 6.88. The Morgan fingerprint density at radius 3 is 1.77 bits per heavy atom. The van der Waals surface area contributed by atoms with Crippen LogP contribution in [0.15, 0.2) is 0 Å². The van der Waals surface area contributed by atoms with Gasteiger partial charge in [-0.3, -0.25) is 10.3 Å². The molecule has 0 atom stereocenters. The predicted molar refractivity (Wildman–Crippen MR) is 97.1 cm³/mol. The first kappa shape index (κ1) is 19.9. The zero-order chi connectivity index (χ0) is 17.1. The zero-order valence-corrected chi connectivity index (χ0v) is 16.5. The van der Waals surface area contributed by atoms with E-state index in [-0.39, 0.29) is 11.1 Å². The molecule has 0 unspecified atom stereocenters. The summed E-state index contributed by atoms with van der Waals surface area (Å²) in [6.45, 7) is 20.6. The molecule has 4 nitrogen and oxygen atoms in total. The molecule has 132 valence electrons. The molecule has 1 saturated heterocycles. The summed E-state index contributed by atoms with van der Waals surface area (Å²) in [5.74, 6) is 0. The topological polar surface area (TPSA) is 30.5 Å². The second-order valence-corrected chi connectivity index (χ2v) is 8.80. The highest BCUT2D eigenvalue weighted by atomic mass is 15.5. The Morgan fingerprint density at radius 1 is 0.955 bits per heavy atom. The van der Waals surface area contributed by atoms with Crippen molar-refractivity contribution in [3.05, 3.63) is 0 Å². The average Bonchev–Trinajstić information content (AvgIpc) is 2.29. The Hall–Kier alpha value is -0.160. The lowest BCUT2D eigenvalue weighted by molar-refractivity contribution is 0.0267. The first-order chi connectivity index (χ1) is 9.97. The van der Waals surface area contributed by atoms with E-state index in [0.29, 0.717) is 18.1 Å². The number of piperidine rings is 1. The van der Waals surface area contributed by atoms with Gasteiger partial charge >= 0.3 is 0 Å². The van der Waals surface area contributed by atoms with Crippen molar-refractivity contribution in [2.24, 2.45) is 0 Å². The van der Waals surface area contributed by atoms with Crippen LogP contribution in [0, 0.1) is 0 Å². The fourth-order valence-electron chi connectivity index (χ4n) is 4.30. The average molecular weight is 313 g/mol. The molecule has 1 heterocycles. The minimum Gasteiger partial charge on any atom is -0.307 e. The van der Waals surface area contributed by atoms with E-state index in [2.05, 4.69) is 83.1 Å². The number of hydrazine groups is 1. The van der Waals surface area contributed by atoms with E-state index in [9.17, 15) is 0 Å². The minimum atomic E-state index is 0.192. The van der Waals surface area contributed by atoms with Crippen LogP contribution in [-0.4, -0.2) is 59.2 Å². The lowest BCUT2D eigenvalue weighted by Crippen LogP contribution is -2.64. The molecule has 0 aromatic rings. The maximum Gasteiger partial charge on any atom is 0.0278 e. The van der Waals surface area contributed by atoms with Gasteiger partial charge in [0.15, 0.2) is 0 Å². The number of nitrogens with zero attached hydrogens (tertiary/aromatic N) is 2. The molecule has 0 bridgehead atoms. The van der Waals surface area contributed by atoms with Gasteiger partial charge in [0, 0.05) is 42.3 Å². The standard InChI is InChI=1S/C18H40N4/c1-14(2)21(15(3)4)10-11-22(19-9)16-12-17(5,6)20-18(7,8)13-16/h14-16,19-20H,10-13H2,1-9H3. The maximum absolute atomic E-state index is 3.78. The van der Waals surface area contributed by atoms with Gasteiger partial charge in [-0.25, -0.2) is 5.01 Å². The van der Waals surface area contributed by atoms with Crippen LogP contribution in [0.3, 0.4) is 0 Å². The first-order valence-corrected chi connectivity index (χ1v) is 8.96. The van der Waals surface area contributed by atoms with Crippen molar-refractivity contribution in [2.75, 3.05) is 20.1 Å². The number of rotatable bonds is 7. The molecular formula is C18H40N4. The summed E-state index contributed by atoms with van der Waals surface area (Å²) >= 11 is 0. The number of nitrogens with one attached hydrogen (secondary N) is 2. The van der Waals surface area contributed by atoms with E-state index in [1.165, 1.54) is 12.8 Å². The van der Waals surface area contributed by atoms with Gasteiger partial charge in [-0.2, -0.15) is 0 Å². The quantitative estimate of drug-likeness (QED) is 0.708.